The van der Waals surface area contributed by atoms with Gasteiger partial charge in [-0.2, -0.15) is 13.5 Å². The predicted octanol–water partition coefficient (Wildman–Crippen LogP) is -1.69. The van der Waals surface area contributed by atoms with E-state index in [2.05, 4.69) is 10.2 Å². The van der Waals surface area contributed by atoms with Crippen LogP contribution in [0.3, 0.4) is 0 Å². The normalized spacial score (nSPS) is 11.2. The van der Waals surface area contributed by atoms with Crippen LogP contribution < -0.4 is 15.6 Å². The molecule has 0 aliphatic rings. The summed E-state index contributed by atoms with van der Waals surface area (Å²) in [4.78, 5) is 0. The number of hydrogen-bond donors (Lipinski definition) is 5. The number of aromatic amines is 1. The number of nitrogen functional groups attached to an aromatic ring is 1. The van der Waals surface area contributed by atoms with Crippen molar-refractivity contribution in [3.05, 3.63) is 11.8 Å². The Labute approximate surface area is 74.0 Å². The first-order valence-corrected chi connectivity index (χ1v) is 4.63. The van der Waals surface area contributed by atoms with E-state index in [-0.39, 0.29) is 17.2 Å². The molecule has 0 aliphatic carbocycles. The second-order valence-corrected chi connectivity index (χ2v) is 3.51. The molecule has 0 amide bonds. The van der Waals surface area contributed by atoms with Crippen LogP contribution in [0.2, 0.25) is 0 Å². The summed E-state index contributed by atoms with van der Waals surface area (Å²) < 4.78 is 23.1. The molecule has 0 saturated carbocycles. The largest absolute Gasteiger partial charge is 0.384 e. The fourth-order valence-electron chi connectivity index (χ4n) is 0.710. The molecule has 0 spiro atoms. The molecule has 1 rings (SSSR count). The summed E-state index contributed by atoms with van der Waals surface area (Å²) in [5.74, 6) is -0.324. The first-order valence-electron chi connectivity index (χ1n) is 3.08. The van der Waals surface area contributed by atoms with Crippen LogP contribution in [-0.2, 0) is 10.2 Å². The van der Waals surface area contributed by atoms with E-state index in [9.17, 15) is 8.42 Å². The molecule has 72 valence electrons. The predicted molar refractivity (Wildman–Crippen MR) is 46.3 cm³/mol. The lowest BCUT2D eigenvalue weighted by atomic mass is 10.3. The molecular weight excluding hydrogens is 196 g/mol. The molecule has 13 heavy (non-hydrogen) atoms. The summed E-state index contributed by atoms with van der Waals surface area (Å²) in [6, 6.07) is 0. The van der Waals surface area contributed by atoms with Gasteiger partial charge in [0.15, 0.2) is 0 Å². The third kappa shape index (κ3) is 2.42. The molecule has 0 atom stereocenters. The van der Waals surface area contributed by atoms with Crippen molar-refractivity contribution in [3.8, 4) is 0 Å². The number of nitrogens with two attached hydrogens (primary N) is 2. The van der Waals surface area contributed by atoms with Gasteiger partial charge >= 0.3 is 0 Å². The highest BCUT2D eigenvalue weighted by Crippen LogP contribution is 2.09. The number of rotatable bonds is 3. The van der Waals surface area contributed by atoms with Crippen molar-refractivity contribution in [3.63, 3.8) is 0 Å². The van der Waals surface area contributed by atoms with Gasteiger partial charge < -0.3 is 5.73 Å². The molecule has 0 unspecified atom stereocenters. The molecule has 0 fully saturated rings. The molecule has 1 heterocycles. The maximum Gasteiger partial charge on any atom is 0.297 e. The quantitative estimate of drug-likeness (QED) is 0.294. The van der Waals surface area contributed by atoms with E-state index in [1.807, 2.05) is 4.72 Å². The summed E-state index contributed by atoms with van der Waals surface area (Å²) in [6.07, 6.45) is 1.22. The summed E-state index contributed by atoms with van der Waals surface area (Å²) >= 11 is 0. The van der Waals surface area contributed by atoms with E-state index in [1.165, 1.54) is 6.20 Å². The van der Waals surface area contributed by atoms with E-state index in [0.717, 1.165) is 0 Å². The fourth-order valence-corrected chi connectivity index (χ4v) is 1.15. The zero-order valence-corrected chi connectivity index (χ0v) is 7.22. The Hall–Kier alpha value is -1.61. The van der Waals surface area contributed by atoms with E-state index in [0.29, 0.717) is 0 Å². The first kappa shape index (κ1) is 9.48. The molecular formula is C4H8N6O2S. The Morgan fingerprint density at radius 3 is 2.77 bits per heavy atom. The number of amidine groups is 1. The van der Waals surface area contributed by atoms with Crippen molar-refractivity contribution in [2.75, 3.05) is 4.72 Å². The van der Waals surface area contributed by atoms with Gasteiger partial charge in [0.25, 0.3) is 10.2 Å². The molecule has 1 aromatic heterocycles. The van der Waals surface area contributed by atoms with Gasteiger partial charge in [-0.25, -0.2) is 5.14 Å². The highest BCUT2D eigenvalue weighted by Gasteiger charge is 2.11. The topological polar surface area (TPSA) is 151 Å². The Bertz CT molecular complexity index is 420. The number of aromatic nitrogens is 2. The van der Waals surface area contributed by atoms with Gasteiger partial charge in [-0.3, -0.25) is 15.2 Å². The van der Waals surface area contributed by atoms with Crippen molar-refractivity contribution in [2.24, 2.45) is 10.9 Å². The number of H-pyrrole nitrogens is 1. The molecule has 0 saturated heterocycles. The lowest BCUT2D eigenvalue weighted by molar-refractivity contribution is 0.602. The molecule has 0 aromatic carbocycles. The lowest BCUT2D eigenvalue weighted by Gasteiger charge is -2.01. The minimum absolute atomic E-state index is 0.0185. The van der Waals surface area contributed by atoms with Crippen LogP contribution >= 0.6 is 0 Å². The number of nitrogens with one attached hydrogen (secondary N) is 3. The molecule has 1 aromatic rings. The third-order valence-corrected chi connectivity index (χ3v) is 1.66. The number of hydrogen-bond acceptors (Lipinski definition) is 4. The van der Waals surface area contributed by atoms with Crippen molar-refractivity contribution in [2.45, 2.75) is 0 Å². The minimum atomic E-state index is -3.88. The van der Waals surface area contributed by atoms with Crippen LogP contribution in [0, 0.1) is 5.41 Å². The van der Waals surface area contributed by atoms with Crippen LogP contribution in [0.25, 0.3) is 0 Å². The highest BCUT2D eigenvalue weighted by atomic mass is 32.2. The Morgan fingerprint density at radius 2 is 2.31 bits per heavy atom. The van der Waals surface area contributed by atoms with Crippen molar-refractivity contribution >= 4 is 21.9 Å². The van der Waals surface area contributed by atoms with Crippen LogP contribution in [0.4, 0.5) is 5.82 Å². The molecule has 0 radical (unpaired) electrons. The molecule has 7 N–H and O–H groups in total. The standard InChI is InChI=1S/C4H8N6O2S/c5-3(6)2-1-8-9-4(2)10-13(7,11)12/h1H,(H3,5,6)(H2,7,11,12)(H2,8,9,10). The van der Waals surface area contributed by atoms with Crippen LogP contribution in [0.5, 0.6) is 0 Å². The van der Waals surface area contributed by atoms with E-state index < -0.39 is 10.2 Å². The summed E-state index contributed by atoms with van der Waals surface area (Å²) in [5, 5.41) is 17.5. The van der Waals surface area contributed by atoms with Crippen molar-refractivity contribution < 1.29 is 8.42 Å². The van der Waals surface area contributed by atoms with Crippen LogP contribution in [0.15, 0.2) is 6.20 Å². The molecule has 0 aliphatic heterocycles. The Kier molecular flexibility index (Phi) is 2.21. The summed E-state index contributed by atoms with van der Waals surface area (Å²) in [7, 11) is -3.88. The number of anilines is 1. The van der Waals surface area contributed by atoms with Crippen molar-refractivity contribution in [1.29, 1.82) is 5.41 Å². The second-order valence-electron chi connectivity index (χ2n) is 2.22. The average molecular weight is 204 g/mol. The van der Waals surface area contributed by atoms with Gasteiger partial charge in [-0.1, -0.05) is 0 Å². The van der Waals surface area contributed by atoms with Gasteiger partial charge in [0.1, 0.15) is 11.7 Å². The van der Waals surface area contributed by atoms with Gasteiger partial charge in [-0.05, 0) is 0 Å². The minimum Gasteiger partial charge on any atom is -0.384 e. The van der Waals surface area contributed by atoms with Gasteiger partial charge in [0.05, 0.1) is 11.8 Å². The van der Waals surface area contributed by atoms with E-state index in [1.54, 1.807) is 0 Å². The SMILES string of the molecule is N=C(N)c1cn[nH]c1NS(N)(=O)=O. The van der Waals surface area contributed by atoms with E-state index >= 15 is 0 Å². The zero-order chi connectivity index (χ0) is 10.1. The fraction of sp³-hybridized carbons (Fsp3) is 0. The smallest absolute Gasteiger partial charge is 0.297 e. The average Bonchev–Trinajstić information content (AvgIpc) is 2.31. The summed E-state index contributed by atoms with van der Waals surface area (Å²) in [5.41, 5.74) is 5.27. The molecule has 8 nitrogen and oxygen atoms in total. The molecule has 9 heteroatoms. The molecule has 0 bridgehead atoms. The van der Waals surface area contributed by atoms with Gasteiger partial charge in [0.2, 0.25) is 0 Å². The van der Waals surface area contributed by atoms with E-state index in [4.69, 9.17) is 16.3 Å². The van der Waals surface area contributed by atoms with Crippen LogP contribution in [-0.4, -0.2) is 24.5 Å². The lowest BCUT2D eigenvalue weighted by Crippen LogP contribution is -2.24. The van der Waals surface area contributed by atoms with Gasteiger partial charge in [0, 0.05) is 0 Å². The Balaban J connectivity index is 3.02. The van der Waals surface area contributed by atoms with Crippen LogP contribution in [0.1, 0.15) is 5.56 Å². The first-order chi connectivity index (χ1) is 5.90. The number of nitrogens with zero attached hydrogens (tertiary/aromatic N) is 1. The van der Waals surface area contributed by atoms with Crippen molar-refractivity contribution in [1.82, 2.24) is 10.2 Å². The zero-order valence-electron chi connectivity index (χ0n) is 6.40. The third-order valence-electron chi connectivity index (χ3n) is 1.17. The highest BCUT2D eigenvalue weighted by molar-refractivity contribution is 7.90. The second kappa shape index (κ2) is 3.03. The monoisotopic (exact) mass is 204 g/mol. The maximum absolute atomic E-state index is 10.6. The summed E-state index contributed by atoms with van der Waals surface area (Å²) in [6.45, 7) is 0. The Morgan fingerprint density at radius 1 is 1.69 bits per heavy atom. The maximum atomic E-state index is 10.6. The van der Waals surface area contributed by atoms with Gasteiger partial charge in [-0.15, -0.1) is 0 Å².